The average molecular weight is 383 g/mol. The van der Waals surface area contributed by atoms with Crippen molar-refractivity contribution in [3.05, 3.63) is 35.4 Å². The predicted molar refractivity (Wildman–Crippen MR) is 77.0 cm³/mol. The molecule has 0 N–H and O–H groups in total. The van der Waals surface area contributed by atoms with Gasteiger partial charge in [-0.15, -0.1) is 0 Å². The van der Waals surface area contributed by atoms with Crippen LogP contribution in [0, 0.1) is 0 Å². The Morgan fingerprint density at radius 3 is 2.45 bits per heavy atom. The molecule has 0 aliphatic carbocycles. The summed E-state index contributed by atoms with van der Waals surface area (Å²) in [5.41, 5.74) is 2.70. The fourth-order valence-electron chi connectivity index (χ4n) is 2.67. The first-order chi connectivity index (χ1) is 9.22. The summed E-state index contributed by atoms with van der Waals surface area (Å²) in [5.74, 6) is 1.56. The van der Waals surface area contributed by atoms with Gasteiger partial charge in [0.05, 0.1) is 14.2 Å². The van der Waals surface area contributed by atoms with E-state index in [1.807, 2.05) is 6.07 Å². The molecule has 0 radical (unpaired) electrons. The Morgan fingerprint density at radius 2 is 1.75 bits per heavy atom. The highest BCUT2D eigenvalue weighted by molar-refractivity contribution is 6.01. The second-order valence-corrected chi connectivity index (χ2v) is 4.93. The summed E-state index contributed by atoms with van der Waals surface area (Å²) in [7, 11) is 5.46. The third-order valence-corrected chi connectivity index (χ3v) is 3.74. The van der Waals surface area contributed by atoms with Crippen molar-refractivity contribution in [3.8, 4) is 11.5 Å². The monoisotopic (exact) mass is 383 g/mol. The zero-order chi connectivity index (χ0) is 13.4. The van der Waals surface area contributed by atoms with E-state index in [-0.39, 0.29) is 24.0 Å². The highest BCUT2D eigenvalue weighted by Gasteiger charge is 2.17. The third kappa shape index (κ3) is 2.49. The van der Waals surface area contributed by atoms with Crippen LogP contribution in [0.25, 0.3) is 10.8 Å². The number of ether oxygens (including phenoxy) is 2. The Balaban J connectivity index is 0.00000147. The lowest BCUT2D eigenvalue weighted by Gasteiger charge is -2.15. The minimum absolute atomic E-state index is 0. The zero-order valence-corrected chi connectivity index (χ0v) is 14.1. The molecule has 1 aliphatic rings. The zero-order valence-electron chi connectivity index (χ0n) is 11.9. The topological polar surface area (TPSA) is 21.5 Å². The fraction of sp³-hybridized carbons (Fsp3) is 0.312. The number of likely N-dealkylation sites (N-methyl/N-ethyl adjacent to an activating group) is 1. The molecule has 0 spiro atoms. The maximum Gasteiger partial charge on any atom is 0.171 e. The van der Waals surface area contributed by atoms with Crippen molar-refractivity contribution < 1.29 is 38.0 Å². The molecule has 2 aromatic carbocycles. The minimum atomic E-state index is 0. The van der Waals surface area contributed by atoms with E-state index in [1.165, 1.54) is 21.9 Å². The van der Waals surface area contributed by atoms with Gasteiger partial charge in [0.15, 0.2) is 17.7 Å². The van der Waals surface area contributed by atoms with E-state index >= 15 is 0 Å². The molecule has 3 nitrogen and oxygen atoms in total. The van der Waals surface area contributed by atoms with Gasteiger partial charge < -0.3 is 33.5 Å². The van der Waals surface area contributed by atoms with Crippen LogP contribution >= 0.6 is 0 Å². The van der Waals surface area contributed by atoms with E-state index in [4.69, 9.17) is 9.47 Å². The molecule has 0 bridgehead atoms. The second-order valence-electron chi connectivity index (χ2n) is 4.93. The molecule has 4 heteroatoms. The minimum Gasteiger partial charge on any atom is -1.00 e. The Labute approximate surface area is 136 Å². The van der Waals surface area contributed by atoms with Crippen molar-refractivity contribution in [1.82, 2.24) is 0 Å². The first-order valence-electron chi connectivity index (χ1n) is 6.45. The van der Waals surface area contributed by atoms with Gasteiger partial charge in [-0.3, -0.25) is 0 Å². The van der Waals surface area contributed by atoms with Crippen LogP contribution in [0.4, 0.5) is 0 Å². The lowest BCUT2D eigenvalue weighted by molar-refractivity contribution is -0.493. The summed E-state index contributed by atoms with van der Waals surface area (Å²) in [6.07, 6.45) is 3.31. The van der Waals surface area contributed by atoms with E-state index in [0.29, 0.717) is 0 Å². The van der Waals surface area contributed by atoms with Gasteiger partial charge in [0.1, 0.15) is 13.6 Å². The summed E-state index contributed by atoms with van der Waals surface area (Å²) < 4.78 is 13.0. The Bertz CT molecular complexity index is 680. The molecule has 3 rings (SSSR count). The van der Waals surface area contributed by atoms with Gasteiger partial charge in [-0.2, -0.15) is 0 Å². The number of benzene rings is 2. The van der Waals surface area contributed by atoms with E-state index in [0.717, 1.165) is 24.5 Å². The van der Waals surface area contributed by atoms with Gasteiger partial charge in [0.25, 0.3) is 0 Å². The van der Waals surface area contributed by atoms with Crippen molar-refractivity contribution in [3.63, 3.8) is 0 Å². The maximum absolute atomic E-state index is 5.41. The first kappa shape index (κ1) is 15.1. The molecule has 0 saturated carbocycles. The Hall–Kier alpha value is -1.30. The van der Waals surface area contributed by atoms with Gasteiger partial charge in [0, 0.05) is 12.0 Å². The predicted octanol–water partition coefficient (Wildman–Crippen LogP) is -0.522. The number of hydrogen-bond acceptors (Lipinski definition) is 2. The van der Waals surface area contributed by atoms with Crippen LogP contribution in [0.3, 0.4) is 0 Å². The summed E-state index contributed by atoms with van der Waals surface area (Å²) in [4.78, 5) is 0. The molecule has 0 amide bonds. The Kier molecular flexibility index (Phi) is 4.52. The van der Waals surface area contributed by atoms with E-state index in [1.54, 1.807) is 14.2 Å². The van der Waals surface area contributed by atoms with Crippen LogP contribution in [0.2, 0.25) is 0 Å². The lowest BCUT2D eigenvalue weighted by atomic mass is 9.95. The Morgan fingerprint density at radius 1 is 1.05 bits per heavy atom. The van der Waals surface area contributed by atoms with Crippen LogP contribution in [0.15, 0.2) is 24.3 Å². The van der Waals surface area contributed by atoms with Gasteiger partial charge in [-0.1, -0.05) is 12.1 Å². The number of fused-ring (bicyclic) bond motifs is 3. The van der Waals surface area contributed by atoms with Crippen molar-refractivity contribution >= 4 is 17.0 Å². The molecule has 1 heterocycles. The molecule has 0 aromatic heterocycles. The molecule has 106 valence electrons. The summed E-state index contributed by atoms with van der Waals surface area (Å²) in [5, 5.41) is 2.41. The molecular formula is C16H18INO2. The largest absolute Gasteiger partial charge is 1.00 e. The number of hydrogen-bond donors (Lipinski definition) is 0. The van der Waals surface area contributed by atoms with Gasteiger partial charge >= 0.3 is 0 Å². The molecule has 0 unspecified atom stereocenters. The van der Waals surface area contributed by atoms with E-state index < -0.39 is 0 Å². The molecule has 2 aromatic rings. The molecular weight excluding hydrogens is 365 g/mol. The van der Waals surface area contributed by atoms with Gasteiger partial charge in [0.2, 0.25) is 0 Å². The van der Waals surface area contributed by atoms with Crippen molar-refractivity contribution in [2.75, 3.05) is 27.8 Å². The van der Waals surface area contributed by atoms with Crippen LogP contribution < -0.4 is 33.5 Å². The van der Waals surface area contributed by atoms with E-state index in [2.05, 4.69) is 36.0 Å². The fourth-order valence-corrected chi connectivity index (χ4v) is 2.67. The summed E-state index contributed by atoms with van der Waals surface area (Å²) in [6, 6.07) is 8.49. The standard InChI is InChI=1S/C16H18NO2.HI/c1-17-7-6-11-4-5-12-8-15(18-2)16(19-3)9-13(12)14(11)10-17;/h4-5,8-10H,6-7H2,1-3H3;1H/q+1;/p-1. The second kappa shape index (κ2) is 5.99. The van der Waals surface area contributed by atoms with Crippen LogP contribution in [-0.2, 0) is 6.42 Å². The van der Waals surface area contributed by atoms with E-state index in [9.17, 15) is 0 Å². The first-order valence-corrected chi connectivity index (χ1v) is 6.45. The van der Waals surface area contributed by atoms with Crippen molar-refractivity contribution in [2.24, 2.45) is 0 Å². The lowest BCUT2D eigenvalue weighted by Crippen LogP contribution is -3.00. The van der Waals surface area contributed by atoms with Gasteiger partial charge in [-0.25, -0.2) is 4.58 Å². The summed E-state index contributed by atoms with van der Waals surface area (Å²) >= 11 is 0. The quantitative estimate of drug-likeness (QED) is 0.514. The number of methoxy groups -OCH3 is 2. The van der Waals surface area contributed by atoms with Gasteiger partial charge in [-0.05, 0) is 28.5 Å². The van der Waals surface area contributed by atoms with Crippen LogP contribution in [0.1, 0.15) is 11.1 Å². The molecule has 20 heavy (non-hydrogen) atoms. The molecule has 0 saturated heterocycles. The van der Waals surface area contributed by atoms with Crippen LogP contribution in [0.5, 0.6) is 11.5 Å². The van der Waals surface area contributed by atoms with Crippen molar-refractivity contribution in [2.45, 2.75) is 6.42 Å². The highest BCUT2D eigenvalue weighted by atomic mass is 127. The number of halogens is 1. The highest BCUT2D eigenvalue weighted by Crippen LogP contribution is 2.34. The smallest absolute Gasteiger partial charge is 0.171 e. The van der Waals surface area contributed by atoms with Crippen molar-refractivity contribution in [1.29, 1.82) is 0 Å². The molecule has 1 aliphatic heterocycles. The normalized spacial score (nSPS) is 13.2. The average Bonchev–Trinajstić information content (AvgIpc) is 2.45. The van der Waals surface area contributed by atoms with Crippen LogP contribution in [-0.4, -0.2) is 38.6 Å². The number of rotatable bonds is 2. The SMILES string of the molecule is COc1cc2ccc3c(c2cc1OC)C=[N+](C)CC3.[I-]. The summed E-state index contributed by atoms with van der Waals surface area (Å²) in [6.45, 7) is 1.08. The maximum atomic E-state index is 5.41. The number of nitrogens with zero attached hydrogens (tertiary/aromatic N) is 1. The molecule has 0 atom stereocenters. The molecule has 0 fully saturated rings. The third-order valence-electron chi connectivity index (χ3n) is 3.74.